The van der Waals surface area contributed by atoms with E-state index in [0.29, 0.717) is 22.6 Å². The maximum Gasteiger partial charge on any atom is 0.306 e. The van der Waals surface area contributed by atoms with Gasteiger partial charge in [0.15, 0.2) is 0 Å². The predicted molar refractivity (Wildman–Crippen MR) is 152 cm³/mol. The Bertz CT molecular complexity index is 1610. The van der Waals surface area contributed by atoms with Gasteiger partial charge in [0.2, 0.25) is 5.91 Å². The maximum atomic E-state index is 13.5. The van der Waals surface area contributed by atoms with E-state index in [1.165, 1.54) is 15.5 Å². The van der Waals surface area contributed by atoms with Crippen molar-refractivity contribution >= 4 is 39.2 Å². The van der Waals surface area contributed by atoms with Crippen LogP contribution in [0.15, 0.2) is 114 Å². The first-order valence-corrected chi connectivity index (χ1v) is 13.3. The zero-order valence-corrected chi connectivity index (χ0v) is 21.8. The van der Waals surface area contributed by atoms with E-state index in [1.54, 1.807) is 36.4 Å². The number of para-hydroxylation sites is 1. The zero-order chi connectivity index (χ0) is 27.0. The van der Waals surface area contributed by atoms with Gasteiger partial charge < -0.3 is 14.8 Å². The molecule has 0 aliphatic heterocycles. The van der Waals surface area contributed by atoms with Gasteiger partial charge >= 0.3 is 5.97 Å². The van der Waals surface area contributed by atoms with Crippen LogP contribution in [0.5, 0.6) is 11.5 Å². The summed E-state index contributed by atoms with van der Waals surface area (Å²) >= 11 is 1.21. The van der Waals surface area contributed by atoms with Crippen LogP contribution in [0.1, 0.15) is 24.4 Å². The Morgan fingerprint density at radius 3 is 2.15 bits per heavy atom. The van der Waals surface area contributed by atoms with Crippen molar-refractivity contribution in [2.75, 3.05) is 5.32 Å². The lowest BCUT2D eigenvalue weighted by Crippen LogP contribution is -2.31. The third kappa shape index (κ3) is 6.61. The lowest BCUT2D eigenvalue weighted by Gasteiger charge is -2.17. The molecule has 0 aliphatic rings. The predicted octanol–water partition coefficient (Wildman–Crippen LogP) is 6.56. The molecule has 7 nitrogen and oxygen atoms in total. The number of nitrogens with zero attached hydrogens (tertiary/aromatic N) is 1. The number of rotatable bonds is 10. The third-order valence-corrected chi connectivity index (χ3v) is 7.24. The number of ether oxygens (including phenoxy) is 2. The van der Waals surface area contributed by atoms with Crippen molar-refractivity contribution in [2.45, 2.75) is 25.5 Å². The number of fused-ring (bicyclic) bond motifs is 1. The quantitative estimate of drug-likeness (QED) is 0.204. The third-order valence-electron chi connectivity index (χ3n) is 6.07. The minimum atomic E-state index is -0.889. The highest BCUT2D eigenvalue weighted by atomic mass is 32.1. The zero-order valence-electron chi connectivity index (χ0n) is 21.0. The summed E-state index contributed by atoms with van der Waals surface area (Å²) in [6.45, 7) is 0.150. The number of amides is 1. The molecular formula is C31H26N2O5S. The summed E-state index contributed by atoms with van der Waals surface area (Å²) in [6, 6.07) is 32.1. The molecule has 1 amide bonds. The first-order chi connectivity index (χ1) is 19.1. The van der Waals surface area contributed by atoms with Gasteiger partial charge in [-0.15, -0.1) is 0 Å². The van der Waals surface area contributed by atoms with Gasteiger partial charge in [0.05, 0.1) is 10.1 Å². The number of anilines is 1. The van der Waals surface area contributed by atoms with Crippen molar-refractivity contribution in [2.24, 2.45) is 0 Å². The van der Waals surface area contributed by atoms with Crippen LogP contribution in [0, 0.1) is 0 Å². The van der Waals surface area contributed by atoms with Gasteiger partial charge in [-0.3, -0.25) is 18.3 Å². The van der Waals surface area contributed by atoms with E-state index in [9.17, 15) is 14.4 Å². The van der Waals surface area contributed by atoms with Gasteiger partial charge in [-0.05, 0) is 60.5 Å². The number of benzene rings is 4. The minimum absolute atomic E-state index is 0.0184. The van der Waals surface area contributed by atoms with Crippen molar-refractivity contribution in [1.82, 2.24) is 3.96 Å². The average molecular weight is 539 g/mol. The molecule has 1 atom stereocenters. The van der Waals surface area contributed by atoms with Crippen LogP contribution < -0.4 is 15.6 Å². The molecule has 0 bridgehead atoms. The summed E-state index contributed by atoms with van der Waals surface area (Å²) in [5.74, 6) is 0.500. The molecule has 8 heteroatoms. The number of nitrogens with one attached hydrogen (secondary N) is 1. The minimum Gasteiger partial charge on any atom is -0.461 e. The lowest BCUT2D eigenvalue weighted by molar-refractivity contribution is -0.145. The summed E-state index contributed by atoms with van der Waals surface area (Å²) in [5, 5.41) is 3.42. The molecule has 1 unspecified atom stereocenters. The number of aromatic nitrogens is 1. The van der Waals surface area contributed by atoms with Crippen LogP contribution in [0.25, 0.3) is 10.1 Å². The van der Waals surface area contributed by atoms with E-state index in [2.05, 4.69) is 5.32 Å². The van der Waals surface area contributed by atoms with Crippen LogP contribution in [-0.4, -0.2) is 15.8 Å². The highest BCUT2D eigenvalue weighted by Gasteiger charge is 2.26. The molecule has 0 saturated heterocycles. The lowest BCUT2D eigenvalue weighted by atomic mass is 10.1. The normalized spacial score (nSPS) is 11.6. The number of hydrogen-bond donors (Lipinski definition) is 1. The monoisotopic (exact) mass is 538 g/mol. The molecular weight excluding hydrogens is 512 g/mol. The Morgan fingerprint density at radius 2 is 1.44 bits per heavy atom. The number of carbonyl (C=O) groups is 2. The molecule has 39 heavy (non-hydrogen) atoms. The van der Waals surface area contributed by atoms with Crippen molar-refractivity contribution in [1.29, 1.82) is 0 Å². The highest BCUT2D eigenvalue weighted by molar-refractivity contribution is 7.14. The molecule has 5 rings (SSSR count). The fourth-order valence-corrected chi connectivity index (χ4v) is 5.19. The van der Waals surface area contributed by atoms with Gasteiger partial charge in [-0.25, -0.2) is 0 Å². The molecule has 5 aromatic rings. The van der Waals surface area contributed by atoms with Crippen LogP contribution in [-0.2, 0) is 20.9 Å². The molecule has 1 aromatic heterocycles. The molecule has 0 aliphatic carbocycles. The average Bonchev–Trinajstić information content (AvgIpc) is 3.30. The fourth-order valence-electron chi connectivity index (χ4n) is 4.07. The van der Waals surface area contributed by atoms with Crippen molar-refractivity contribution in [3.8, 4) is 11.5 Å². The van der Waals surface area contributed by atoms with Crippen LogP contribution in [0.3, 0.4) is 0 Å². The Hall–Kier alpha value is -4.69. The SMILES string of the molecule is O=C(CCC(C(=O)Nc1ccc(Oc2ccccc2)cc1)n1sc2ccccc2c1=O)OCc1ccccc1. The molecule has 0 fully saturated rings. The first-order valence-electron chi connectivity index (χ1n) is 12.5. The number of esters is 1. The van der Waals surface area contributed by atoms with E-state index < -0.39 is 17.9 Å². The Labute approximate surface area is 229 Å². The molecule has 1 heterocycles. The molecule has 0 spiro atoms. The molecule has 0 saturated carbocycles. The molecule has 4 aromatic carbocycles. The van der Waals surface area contributed by atoms with E-state index in [4.69, 9.17) is 9.47 Å². The van der Waals surface area contributed by atoms with Gasteiger partial charge in [0, 0.05) is 12.1 Å². The standard InChI is InChI=1S/C31H26N2O5S/c34-29(37-21-22-9-3-1-4-10-22)20-19-27(33-31(36)26-13-7-8-14-28(26)39-33)30(35)32-23-15-17-25(18-16-23)38-24-11-5-2-6-12-24/h1-18,27H,19-21H2,(H,32,35). The van der Waals surface area contributed by atoms with E-state index in [0.717, 1.165) is 10.3 Å². The van der Waals surface area contributed by atoms with E-state index in [-0.39, 0.29) is 25.0 Å². The summed E-state index contributed by atoms with van der Waals surface area (Å²) < 4.78 is 13.4. The second-order valence-electron chi connectivity index (χ2n) is 8.85. The van der Waals surface area contributed by atoms with E-state index >= 15 is 0 Å². The van der Waals surface area contributed by atoms with Crippen LogP contribution in [0.4, 0.5) is 5.69 Å². The molecule has 1 N–H and O–H groups in total. The number of carbonyl (C=O) groups excluding carboxylic acids is 2. The van der Waals surface area contributed by atoms with Gasteiger partial charge in [-0.1, -0.05) is 72.2 Å². The van der Waals surface area contributed by atoms with Crippen molar-refractivity contribution < 1.29 is 19.1 Å². The van der Waals surface area contributed by atoms with Crippen LogP contribution in [0.2, 0.25) is 0 Å². The smallest absolute Gasteiger partial charge is 0.306 e. The fraction of sp³-hybridized carbons (Fsp3) is 0.129. The maximum absolute atomic E-state index is 13.5. The van der Waals surface area contributed by atoms with Gasteiger partial charge in [0.25, 0.3) is 5.56 Å². The Morgan fingerprint density at radius 1 is 0.795 bits per heavy atom. The van der Waals surface area contributed by atoms with Crippen molar-refractivity contribution in [3.63, 3.8) is 0 Å². The summed E-state index contributed by atoms with van der Waals surface area (Å²) in [4.78, 5) is 39.1. The topological polar surface area (TPSA) is 86.6 Å². The highest BCUT2D eigenvalue weighted by Crippen LogP contribution is 2.26. The summed E-state index contributed by atoms with van der Waals surface area (Å²) in [6.07, 6.45) is 0.0941. The van der Waals surface area contributed by atoms with Crippen molar-refractivity contribution in [3.05, 3.63) is 125 Å². The summed E-state index contributed by atoms with van der Waals surface area (Å²) in [5.41, 5.74) is 1.16. The Balaban J connectivity index is 1.30. The first kappa shape index (κ1) is 25.9. The largest absolute Gasteiger partial charge is 0.461 e. The number of hydrogen-bond acceptors (Lipinski definition) is 6. The van der Waals surface area contributed by atoms with Gasteiger partial charge in [0.1, 0.15) is 24.1 Å². The molecule has 196 valence electrons. The second kappa shape index (κ2) is 12.2. The second-order valence-corrected chi connectivity index (χ2v) is 9.86. The Kier molecular flexibility index (Phi) is 8.14. The summed E-state index contributed by atoms with van der Waals surface area (Å²) in [7, 11) is 0. The van der Waals surface area contributed by atoms with E-state index in [1.807, 2.05) is 72.8 Å². The van der Waals surface area contributed by atoms with Crippen LogP contribution >= 0.6 is 11.5 Å². The van der Waals surface area contributed by atoms with Gasteiger partial charge in [-0.2, -0.15) is 0 Å². The molecule has 0 radical (unpaired) electrons.